The molecule has 0 rings (SSSR count). The Balaban J connectivity index is 3.65. The van der Waals surface area contributed by atoms with Crippen LogP contribution in [0, 0.1) is 5.92 Å². The van der Waals surface area contributed by atoms with Crippen LogP contribution in [0.1, 0.15) is 20.3 Å². The number of ether oxygens (including phenoxy) is 1. The minimum absolute atomic E-state index is 0.116. The molecule has 1 N–H and O–H groups in total. The molecule has 0 aromatic rings. The Hall–Kier alpha value is -0.570. The number of hydrogen-bond acceptors (Lipinski definition) is 3. The molecular formula is C7H14O3. The molecule has 1 atom stereocenters. The van der Waals surface area contributed by atoms with Crippen LogP contribution < -0.4 is 0 Å². The second-order valence-electron chi connectivity index (χ2n) is 2.04. The zero-order chi connectivity index (χ0) is 7.98. The first-order valence-electron chi connectivity index (χ1n) is 3.53. The molecule has 0 aromatic carbocycles. The Morgan fingerprint density at radius 1 is 1.60 bits per heavy atom. The molecule has 0 aromatic heterocycles. The van der Waals surface area contributed by atoms with Crippen molar-refractivity contribution in [2.24, 2.45) is 5.92 Å². The van der Waals surface area contributed by atoms with Gasteiger partial charge in [0.2, 0.25) is 0 Å². The van der Waals surface area contributed by atoms with Crippen molar-refractivity contribution >= 4 is 5.97 Å². The average Bonchev–Trinajstić information content (AvgIpc) is 1.91. The third-order valence-corrected chi connectivity index (χ3v) is 1.33. The van der Waals surface area contributed by atoms with Gasteiger partial charge in [0.05, 0.1) is 19.1 Å². The summed E-state index contributed by atoms with van der Waals surface area (Å²) in [7, 11) is 0. The van der Waals surface area contributed by atoms with Crippen molar-refractivity contribution in [2.75, 3.05) is 13.2 Å². The zero-order valence-electron chi connectivity index (χ0n) is 6.46. The van der Waals surface area contributed by atoms with E-state index in [4.69, 9.17) is 5.11 Å². The fourth-order valence-corrected chi connectivity index (χ4v) is 0.630. The van der Waals surface area contributed by atoms with Crippen LogP contribution in [-0.2, 0) is 9.53 Å². The molecule has 0 aliphatic rings. The zero-order valence-corrected chi connectivity index (χ0v) is 6.46. The van der Waals surface area contributed by atoms with E-state index in [1.165, 1.54) is 0 Å². The van der Waals surface area contributed by atoms with Crippen molar-refractivity contribution < 1.29 is 14.6 Å². The standard InChI is InChI=1S/C7H14O3/c1-3-6(5-8)7(9)10-4-2/h6,8H,3-5H2,1-2H3/t6-/m0/s1. The van der Waals surface area contributed by atoms with Crippen LogP contribution in [0.2, 0.25) is 0 Å². The molecule has 0 unspecified atom stereocenters. The summed E-state index contributed by atoms with van der Waals surface area (Å²) in [5.74, 6) is -0.632. The molecule has 3 heteroatoms. The van der Waals surface area contributed by atoms with E-state index in [2.05, 4.69) is 4.74 Å². The van der Waals surface area contributed by atoms with Gasteiger partial charge < -0.3 is 9.84 Å². The van der Waals surface area contributed by atoms with Gasteiger partial charge in [0.15, 0.2) is 0 Å². The van der Waals surface area contributed by atoms with Gasteiger partial charge in [0.25, 0.3) is 0 Å². The van der Waals surface area contributed by atoms with Gasteiger partial charge in [0, 0.05) is 0 Å². The highest BCUT2D eigenvalue weighted by molar-refractivity contribution is 5.72. The summed E-state index contributed by atoms with van der Waals surface area (Å²) in [4.78, 5) is 10.8. The van der Waals surface area contributed by atoms with E-state index >= 15 is 0 Å². The van der Waals surface area contributed by atoms with Crippen LogP contribution in [-0.4, -0.2) is 24.3 Å². The Morgan fingerprint density at radius 3 is 2.50 bits per heavy atom. The lowest BCUT2D eigenvalue weighted by Gasteiger charge is -2.08. The highest BCUT2D eigenvalue weighted by Crippen LogP contribution is 2.02. The molecule has 0 aliphatic heterocycles. The molecule has 0 fully saturated rings. The summed E-state index contributed by atoms with van der Waals surface area (Å²) in [6.45, 7) is 3.87. The first kappa shape index (κ1) is 9.43. The molecule has 0 radical (unpaired) electrons. The molecule has 0 amide bonds. The molecule has 0 spiro atoms. The van der Waals surface area contributed by atoms with Gasteiger partial charge >= 0.3 is 5.97 Å². The largest absolute Gasteiger partial charge is 0.466 e. The van der Waals surface area contributed by atoms with Crippen LogP contribution in [0.3, 0.4) is 0 Å². The maximum atomic E-state index is 10.8. The molecule has 0 aliphatic carbocycles. The van der Waals surface area contributed by atoms with Gasteiger partial charge in [-0.25, -0.2) is 0 Å². The lowest BCUT2D eigenvalue weighted by molar-refractivity contribution is -0.149. The highest BCUT2D eigenvalue weighted by Gasteiger charge is 2.15. The third-order valence-electron chi connectivity index (χ3n) is 1.33. The second kappa shape index (κ2) is 5.23. The van der Waals surface area contributed by atoms with Crippen molar-refractivity contribution in [3.05, 3.63) is 0 Å². The predicted molar refractivity (Wildman–Crippen MR) is 37.5 cm³/mol. The maximum absolute atomic E-state index is 10.8. The van der Waals surface area contributed by atoms with Gasteiger partial charge in [-0.1, -0.05) is 6.92 Å². The molecule has 10 heavy (non-hydrogen) atoms. The van der Waals surface area contributed by atoms with Gasteiger partial charge in [-0.05, 0) is 13.3 Å². The summed E-state index contributed by atoms with van der Waals surface area (Å²) < 4.78 is 4.69. The van der Waals surface area contributed by atoms with Gasteiger partial charge in [-0.15, -0.1) is 0 Å². The van der Waals surface area contributed by atoms with E-state index in [0.717, 1.165) is 0 Å². The normalized spacial score (nSPS) is 12.7. The summed E-state index contributed by atoms with van der Waals surface area (Å²) in [6, 6.07) is 0. The Morgan fingerprint density at radius 2 is 2.20 bits per heavy atom. The highest BCUT2D eigenvalue weighted by atomic mass is 16.5. The van der Waals surface area contributed by atoms with Crippen LogP contribution in [0.4, 0.5) is 0 Å². The van der Waals surface area contributed by atoms with Crippen LogP contribution in [0.25, 0.3) is 0 Å². The molecule has 3 nitrogen and oxygen atoms in total. The Kier molecular flexibility index (Phi) is 4.94. The third kappa shape index (κ3) is 2.82. The lowest BCUT2D eigenvalue weighted by atomic mass is 10.1. The average molecular weight is 146 g/mol. The lowest BCUT2D eigenvalue weighted by Crippen LogP contribution is -2.20. The number of carbonyl (C=O) groups is 1. The molecule has 0 bridgehead atoms. The minimum Gasteiger partial charge on any atom is -0.466 e. The van der Waals surface area contributed by atoms with E-state index in [1.807, 2.05) is 6.92 Å². The smallest absolute Gasteiger partial charge is 0.311 e. The second-order valence-corrected chi connectivity index (χ2v) is 2.04. The first-order chi connectivity index (χ1) is 4.76. The molecule has 0 heterocycles. The number of carbonyl (C=O) groups excluding carboxylic acids is 1. The topological polar surface area (TPSA) is 46.5 Å². The van der Waals surface area contributed by atoms with Gasteiger partial charge in [0.1, 0.15) is 0 Å². The number of rotatable bonds is 4. The van der Waals surface area contributed by atoms with Crippen molar-refractivity contribution in [3.63, 3.8) is 0 Å². The fourth-order valence-electron chi connectivity index (χ4n) is 0.630. The van der Waals surface area contributed by atoms with Crippen molar-refractivity contribution in [3.8, 4) is 0 Å². The van der Waals surface area contributed by atoms with E-state index in [-0.39, 0.29) is 18.5 Å². The van der Waals surface area contributed by atoms with Crippen LogP contribution >= 0.6 is 0 Å². The number of esters is 1. The van der Waals surface area contributed by atoms with E-state index in [1.54, 1.807) is 6.92 Å². The van der Waals surface area contributed by atoms with Crippen molar-refractivity contribution in [1.29, 1.82) is 0 Å². The van der Waals surface area contributed by atoms with Crippen LogP contribution in [0.5, 0.6) is 0 Å². The number of aliphatic hydroxyl groups excluding tert-OH is 1. The quantitative estimate of drug-likeness (QED) is 0.590. The maximum Gasteiger partial charge on any atom is 0.311 e. The summed E-state index contributed by atoms with van der Waals surface area (Å²) in [5.41, 5.74) is 0. The van der Waals surface area contributed by atoms with Crippen molar-refractivity contribution in [1.82, 2.24) is 0 Å². The number of hydrogen-bond donors (Lipinski definition) is 1. The van der Waals surface area contributed by atoms with E-state index in [9.17, 15) is 4.79 Å². The summed E-state index contributed by atoms with van der Waals surface area (Å²) >= 11 is 0. The van der Waals surface area contributed by atoms with Gasteiger partial charge in [-0.3, -0.25) is 4.79 Å². The first-order valence-corrected chi connectivity index (χ1v) is 3.53. The SMILES string of the molecule is CCOC(=O)[C@@H](CC)CO. The fraction of sp³-hybridized carbons (Fsp3) is 0.857. The van der Waals surface area contributed by atoms with Crippen LogP contribution in [0.15, 0.2) is 0 Å². The Labute approximate surface area is 61.0 Å². The number of aliphatic hydroxyl groups is 1. The summed E-state index contributed by atoms with van der Waals surface area (Å²) in [5, 5.41) is 8.62. The molecule has 0 saturated heterocycles. The Bertz CT molecular complexity index is 97.0. The molecule has 60 valence electrons. The molecule has 0 saturated carbocycles. The predicted octanol–water partition coefficient (Wildman–Crippen LogP) is 0.568. The minimum atomic E-state index is -0.333. The van der Waals surface area contributed by atoms with Crippen molar-refractivity contribution in [2.45, 2.75) is 20.3 Å². The summed E-state index contributed by atoms with van der Waals surface area (Å²) in [6.07, 6.45) is 0.634. The monoisotopic (exact) mass is 146 g/mol. The van der Waals surface area contributed by atoms with Gasteiger partial charge in [-0.2, -0.15) is 0 Å². The van der Waals surface area contributed by atoms with E-state index in [0.29, 0.717) is 13.0 Å². The molecular weight excluding hydrogens is 132 g/mol. The van der Waals surface area contributed by atoms with E-state index < -0.39 is 0 Å².